The van der Waals surface area contributed by atoms with Gasteiger partial charge in [-0.1, -0.05) is 6.07 Å². The lowest BCUT2D eigenvalue weighted by Gasteiger charge is -2.40. The second-order valence-electron chi connectivity index (χ2n) is 5.68. The van der Waals surface area contributed by atoms with Crippen LogP contribution >= 0.6 is 0 Å². The predicted octanol–water partition coefficient (Wildman–Crippen LogP) is 1.99. The third-order valence-corrected chi connectivity index (χ3v) is 4.15. The largest absolute Gasteiger partial charge is 0.329 e. The number of likely N-dealkylation sites (N-methyl/N-ethyl adjacent to an activating group) is 1. The molecule has 0 amide bonds. The van der Waals surface area contributed by atoms with Gasteiger partial charge in [-0.3, -0.25) is 4.90 Å². The molecule has 0 bridgehead atoms. The van der Waals surface area contributed by atoms with E-state index in [1.807, 2.05) is 0 Å². The standard InChI is InChI=1S/C15H23F2N3/c1-19(2)12-4-3-7-20(10-12)15(9-18)11-5-6-13(16)14(17)8-11/h5-6,8,12,15H,3-4,7,9-10,18H2,1-2H3. The van der Waals surface area contributed by atoms with E-state index in [4.69, 9.17) is 5.73 Å². The Morgan fingerprint density at radius 1 is 1.35 bits per heavy atom. The van der Waals surface area contributed by atoms with Crippen molar-refractivity contribution in [1.29, 1.82) is 0 Å². The highest BCUT2D eigenvalue weighted by Crippen LogP contribution is 2.26. The number of likely N-dealkylation sites (tertiary alicyclic amines) is 1. The van der Waals surface area contributed by atoms with Gasteiger partial charge in [-0.05, 0) is 51.2 Å². The summed E-state index contributed by atoms with van der Waals surface area (Å²) in [6.45, 7) is 2.27. The van der Waals surface area contributed by atoms with Crippen LogP contribution in [0.5, 0.6) is 0 Å². The van der Waals surface area contributed by atoms with Gasteiger partial charge in [0.2, 0.25) is 0 Å². The number of nitrogens with two attached hydrogens (primary N) is 1. The van der Waals surface area contributed by atoms with E-state index in [1.165, 1.54) is 18.6 Å². The number of hydrogen-bond acceptors (Lipinski definition) is 3. The van der Waals surface area contributed by atoms with Crippen molar-refractivity contribution in [3.63, 3.8) is 0 Å². The van der Waals surface area contributed by atoms with Gasteiger partial charge in [-0.2, -0.15) is 0 Å². The van der Waals surface area contributed by atoms with Gasteiger partial charge in [0.1, 0.15) is 0 Å². The molecule has 0 aliphatic carbocycles. The highest BCUT2D eigenvalue weighted by atomic mass is 19.2. The maximum Gasteiger partial charge on any atom is 0.159 e. The van der Waals surface area contributed by atoms with Crippen molar-refractivity contribution in [1.82, 2.24) is 9.80 Å². The van der Waals surface area contributed by atoms with Gasteiger partial charge in [0.15, 0.2) is 11.6 Å². The van der Waals surface area contributed by atoms with Gasteiger partial charge in [-0.25, -0.2) is 8.78 Å². The molecule has 112 valence electrons. The third kappa shape index (κ3) is 3.34. The summed E-state index contributed by atoms with van der Waals surface area (Å²) in [7, 11) is 4.15. The van der Waals surface area contributed by atoms with E-state index >= 15 is 0 Å². The molecule has 1 aromatic rings. The van der Waals surface area contributed by atoms with Crippen LogP contribution in [0.15, 0.2) is 18.2 Å². The molecule has 1 aliphatic heterocycles. The van der Waals surface area contributed by atoms with Crippen molar-refractivity contribution in [2.45, 2.75) is 24.9 Å². The first-order valence-corrected chi connectivity index (χ1v) is 7.08. The smallest absolute Gasteiger partial charge is 0.159 e. The molecule has 0 radical (unpaired) electrons. The molecular weight excluding hydrogens is 260 g/mol. The predicted molar refractivity (Wildman–Crippen MR) is 76.4 cm³/mol. The fourth-order valence-electron chi connectivity index (χ4n) is 2.90. The first kappa shape index (κ1) is 15.4. The van der Waals surface area contributed by atoms with Crippen LogP contribution in [-0.4, -0.2) is 49.6 Å². The molecule has 20 heavy (non-hydrogen) atoms. The molecule has 2 rings (SSSR count). The van der Waals surface area contributed by atoms with Crippen LogP contribution in [0.2, 0.25) is 0 Å². The fourth-order valence-corrected chi connectivity index (χ4v) is 2.90. The van der Waals surface area contributed by atoms with Crippen molar-refractivity contribution < 1.29 is 8.78 Å². The van der Waals surface area contributed by atoms with Crippen molar-refractivity contribution >= 4 is 0 Å². The molecule has 5 heteroatoms. The first-order valence-electron chi connectivity index (χ1n) is 7.08. The zero-order chi connectivity index (χ0) is 14.7. The summed E-state index contributed by atoms with van der Waals surface area (Å²) in [4.78, 5) is 4.49. The molecule has 1 fully saturated rings. The Balaban J connectivity index is 2.16. The lowest BCUT2D eigenvalue weighted by atomic mass is 9.98. The normalized spacial score (nSPS) is 22.2. The van der Waals surface area contributed by atoms with Crippen LogP contribution in [0, 0.1) is 11.6 Å². The molecule has 1 aliphatic rings. The van der Waals surface area contributed by atoms with E-state index in [0.717, 1.165) is 25.1 Å². The maximum absolute atomic E-state index is 13.4. The van der Waals surface area contributed by atoms with Crippen LogP contribution < -0.4 is 5.73 Å². The lowest BCUT2D eigenvalue weighted by Crippen LogP contribution is -2.47. The van der Waals surface area contributed by atoms with Crippen LogP contribution in [-0.2, 0) is 0 Å². The van der Waals surface area contributed by atoms with E-state index in [9.17, 15) is 8.78 Å². The molecule has 1 saturated heterocycles. The number of piperidine rings is 1. The van der Waals surface area contributed by atoms with E-state index in [1.54, 1.807) is 6.07 Å². The Kier molecular flexibility index (Phi) is 5.07. The van der Waals surface area contributed by atoms with E-state index in [-0.39, 0.29) is 6.04 Å². The molecule has 0 spiro atoms. The van der Waals surface area contributed by atoms with Gasteiger partial charge in [0.25, 0.3) is 0 Å². The van der Waals surface area contributed by atoms with Gasteiger partial charge < -0.3 is 10.6 Å². The van der Waals surface area contributed by atoms with E-state index < -0.39 is 11.6 Å². The van der Waals surface area contributed by atoms with Gasteiger partial charge in [-0.15, -0.1) is 0 Å². The van der Waals surface area contributed by atoms with Gasteiger partial charge >= 0.3 is 0 Å². The van der Waals surface area contributed by atoms with Crippen molar-refractivity contribution in [2.75, 3.05) is 33.7 Å². The topological polar surface area (TPSA) is 32.5 Å². The number of rotatable bonds is 4. The molecule has 2 unspecified atom stereocenters. The SMILES string of the molecule is CN(C)C1CCCN(C(CN)c2ccc(F)c(F)c2)C1. The Bertz CT molecular complexity index is 451. The summed E-state index contributed by atoms with van der Waals surface area (Å²) in [6, 6.07) is 4.53. The van der Waals surface area contributed by atoms with Crippen LogP contribution in [0.4, 0.5) is 8.78 Å². The van der Waals surface area contributed by atoms with Crippen LogP contribution in [0.3, 0.4) is 0 Å². The summed E-state index contributed by atoms with van der Waals surface area (Å²) >= 11 is 0. The Hall–Kier alpha value is -1.04. The minimum Gasteiger partial charge on any atom is -0.329 e. The second-order valence-corrected chi connectivity index (χ2v) is 5.68. The maximum atomic E-state index is 13.4. The molecule has 0 saturated carbocycles. The summed E-state index contributed by atoms with van der Waals surface area (Å²) < 4.78 is 26.5. The van der Waals surface area contributed by atoms with E-state index in [0.29, 0.717) is 12.6 Å². The lowest BCUT2D eigenvalue weighted by molar-refractivity contribution is 0.0982. The molecular formula is C15H23F2N3. The Morgan fingerprint density at radius 3 is 2.70 bits per heavy atom. The van der Waals surface area contributed by atoms with Crippen LogP contribution in [0.1, 0.15) is 24.4 Å². The average Bonchev–Trinajstić information content (AvgIpc) is 2.44. The quantitative estimate of drug-likeness (QED) is 0.917. The highest BCUT2D eigenvalue weighted by Gasteiger charge is 2.27. The first-order chi connectivity index (χ1) is 9.52. The average molecular weight is 283 g/mol. The molecule has 2 atom stereocenters. The molecule has 0 aromatic heterocycles. The summed E-state index contributed by atoms with van der Waals surface area (Å²) in [5.41, 5.74) is 6.63. The monoisotopic (exact) mass is 283 g/mol. The molecule has 1 aromatic carbocycles. The molecule has 2 N–H and O–H groups in total. The zero-order valence-corrected chi connectivity index (χ0v) is 12.1. The van der Waals surface area contributed by atoms with Crippen molar-refractivity contribution in [2.24, 2.45) is 5.73 Å². The van der Waals surface area contributed by atoms with Gasteiger partial charge in [0.05, 0.1) is 0 Å². The minimum absolute atomic E-state index is 0.0483. The summed E-state index contributed by atoms with van der Waals surface area (Å²) in [5, 5.41) is 0. The molecule has 3 nitrogen and oxygen atoms in total. The van der Waals surface area contributed by atoms with E-state index in [2.05, 4.69) is 23.9 Å². The Morgan fingerprint density at radius 2 is 2.10 bits per heavy atom. The van der Waals surface area contributed by atoms with Crippen molar-refractivity contribution in [3.8, 4) is 0 Å². The zero-order valence-electron chi connectivity index (χ0n) is 12.1. The second kappa shape index (κ2) is 6.61. The highest BCUT2D eigenvalue weighted by molar-refractivity contribution is 5.22. The van der Waals surface area contributed by atoms with Gasteiger partial charge in [0, 0.05) is 25.2 Å². The molecule has 1 heterocycles. The summed E-state index contributed by atoms with van der Waals surface area (Å²) in [5.74, 6) is -1.61. The number of nitrogens with zero attached hydrogens (tertiary/aromatic N) is 2. The number of hydrogen-bond donors (Lipinski definition) is 1. The van der Waals surface area contributed by atoms with Crippen LogP contribution in [0.25, 0.3) is 0 Å². The number of halogens is 2. The minimum atomic E-state index is -0.811. The van der Waals surface area contributed by atoms with Crippen molar-refractivity contribution in [3.05, 3.63) is 35.4 Å². The fraction of sp³-hybridized carbons (Fsp3) is 0.600. The third-order valence-electron chi connectivity index (χ3n) is 4.15. The summed E-state index contributed by atoms with van der Waals surface area (Å²) in [6.07, 6.45) is 2.27. The number of benzene rings is 1. The Labute approximate surface area is 119 Å².